The van der Waals surface area contributed by atoms with E-state index >= 15 is 0 Å². The van der Waals surface area contributed by atoms with E-state index in [0.717, 1.165) is 17.7 Å². The van der Waals surface area contributed by atoms with Crippen molar-refractivity contribution >= 4 is 16.6 Å². The molecule has 0 atom stereocenters. The number of rotatable bonds is 3. The van der Waals surface area contributed by atoms with Gasteiger partial charge in [0.2, 0.25) is 0 Å². The molecule has 3 nitrogen and oxygen atoms in total. The fraction of sp³-hybridized carbons (Fsp3) is 0.200. The summed E-state index contributed by atoms with van der Waals surface area (Å²) in [6.45, 7) is 1.46. The molecule has 1 aromatic carbocycles. The number of hydrogen-bond donors (Lipinski definition) is 3. The first kappa shape index (κ1) is 8.13. The molecule has 0 saturated carbocycles. The number of nitrogens with one attached hydrogen (secondary N) is 2. The Hall–Kier alpha value is -1.48. The van der Waals surface area contributed by atoms with Crippen molar-refractivity contribution in [1.29, 1.82) is 0 Å². The average Bonchev–Trinajstić information content (AvgIpc) is 2.58. The molecule has 0 fully saturated rings. The fourth-order valence-corrected chi connectivity index (χ4v) is 1.42. The summed E-state index contributed by atoms with van der Waals surface area (Å²) >= 11 is 0. The van der Waals surface area contributed by atoms with Crippen LogP contribution in [0.15, 0.2) is 30.5 Å². The molecule has 0 unspecified atom stereocenters. The molecule has 68 valence electrons. The van der Waals surface area contributed by atoms with Crippen molar-refractivity contribution in [1.82, 2.24) is 4.98 Å². The predicted molar refractivity (Wildman–Crippen MR) is 55.8 cm³/mol. The van der Waals surface area contributed by atoms with Gasteiger partial charge in [0.25, 0.3) is 0 Å². The van der Waals surface area contributed by atoms with Crippen LogP contribution in [0.4, 0.5) is 5.69 Å². The molecule has 1 aromatic heterocycles. The highest BCUT2D eigenvalue weighted by molar-refractivity contribution is 5.92. The quantitative estimate of drug-likeness (QED) is 0.662. The van der Waals surface area contributed by atoms with Crippen LogP contribution < -0.4 is 11.1 Å². The molecule has 4 N–H and O–H groups in total. The summed E-state index contributed by atoms with van der Waals surface area (Å²) < 4.78 is 0. The number of H-pyrrole nitrogens is 1. The van der Waals surface area contributed by atoms with E-state index in [1.807, 2.05) is 18.3 Å². The van der Waals surface area contributed by atoms with E-state index in [4.69, 9.17) is 5.73 Å². The van der Waals surface area contributed by atoms with Gasteiger partial charge < -0.3 is 16.0 Å². The summed E-state index contributed by atoms with van der Waals surface area (Å²) in [4.78, 5) is 3.19. The van der Waals surface area contributed by atoms with Crippen LogP contribution >= 0.6 is 0 Å². The van der Waals surface area contributed by atoms with Crippen LogP contribution in [0.5, 0.6) is 0 Å². The van der Waals surface area contributed by atoms with E-state index in [9.17, 15) is 0 Å². The van der Waals surface area contributed by atoms with Gasteiger partial charge in [0.05, 0.1) is 5.69 Å². The van der Waals surface area contributed by atoms with E-state index in [1.165, 1.54) is 5.39 Å². The number of para-hydroxylation sites is 1. The van der Waals surface area contributed by atoms with Gasteiger partial charge in [-0.25, -0.2) is 0 Å². The van der Waals surface area contributed by atoms with E-state index in [1.54, 1.807) is 0 Å². The monoisotopic (exact) mass is 175 g/mol. The maximum Gasteiger partial charge on any atom is 0.0598 e. The highest BCUT2D eigenvalue weighted by Crippen LogP contribution is 2.21. The maximum absolute atomic E-state index is 5.42. The molecule has 1 heterocycles. The second kappa shape index (κ2) is 3.49. The van der Waals surface area contributed by atoms with Crippen molar-refractivity contribution in [2.24, 2.45) is 5.73 Å². The Kier molecular flexibility index (Phi) is 2.19. The molecule has 0 spiro atoms. The van der Waals surface area contributed by atoms with Crippen molar-refractivity contribution in [2.45, 2.75) is 0 Å². The van der Waals surface area contributed by atoms with Crippen LogP contribution in [0, 0.1) is 0 Å². The Bertz CT molecular complexity index is 392. The minimum atomic E-state index is 0.652. The molecule has 0 aliphatic rings. The zero-order chi connectivity index (χ0) is 9.10. The van der Waals surface area contributed by atoms with Crippen LogP contribution in [-0.2, 0) is 0 Å². The van der Waals surface area contributed by atoms with E-state index in [-0.39, 0.29) is 0 Å². The van der Waals surface area contributed by atoms with Crippen LogP contribution in [0.1, 0.15) is 0 Å². The first-order valence-electron chi connectivity index (χ1n) is 4.42. The number of benzene rings is 1. The number of hydrogen-bond acceptors (Lipinski definition) is 2. The Morgan fingerprint density at radius 3 is 3.00 bits per heavy atom. The molecular formula is C10H13N3. The summed E-state index contributed by atoms with van der Waals surface area (Å²) in [5, 5.41) is 4.48. The maximum atomic E-state index is 5.42. The normalized spacial score (nSPS) is 10.5. The fourth-order valence-electron chi connectivity index (χ4n) is 1.42. The van der Waals surface area contributed by atoms with Gasteiger partial charge in [0, 0.05) is 30.2 Å². The van der Waals surface area contributed by atoms with E-state index < -0.39 is 0 Å². The van der Waals surface area contributed by atoms with Crippen molar-refractivity contribution in [3.05, 3.63) is 30.5 Å². The lowest BCUT2D eigenvalue weighted by molar-refractivity contribution is 1.03. The number of anilines is 1. The first-order chi connectivity index (χ1) is 6.42. The standard InChI is InChI=1S/C10H13N3/c11-5-6-12-10-7-13-9-4-2-1-3-8(9)10/h1-4,7,12-13H,5-6,11H2. The number of fused-ring (bicyclic) bond motifs is 1. The van der Waals surface area contributed by atoms with Gasteiger partial charge in [-0.15, -0.1) is 0 Å². The molecule has 2 aromatic rings. The third-order valence-electron chi connectivity index (χ3n) is 2.05. The molecule has 0 amide bonds. The zero-order valence-electron chi connectivity index (χ0n) is 7.38. The lowest BCUT2D eigenvalue weighted by atomic mass is 10.2. The van der Waals surface area contributed by atoms with Gasteiger partial charge in [0.1, 0.15) is 0 Å². The summed E-state index contributed by atoms with van der Waals surface area (Å²) in [5.74, 6) is 0. The second-order valence-corrected chi connectivity index (χ2v) is 2.96. The first-order valence-corrected chi connectivity index (χ1v) is 4.42. The molecule has 0 aliphatic carbocycles. The molecule has 0 saturated heterocycles. The van der Waals surface area contributed by atoms with Crippen molar-refractivity contribution in [3.8, 4) is 0 Å². The van der Waals surface area contributed by atoms with Crippen molar-refractivity contribution < 1.29 is 0 Å². The number of nitrogens with two attached hydrogens (primary N) is 1. The Morgan fingerprint density at radius 2 is 2.15 bits per heavy atom. The van der Waals surface area contributed by atoms with Gasteiger partial charge in [-0.2, -0.15) is 0 Å². The van der Waals surface area contributed by atoms with Crippen LogP contribution in [0.25, 0.3) is 10.9 Å². The van der Waals surface area contributed by atoms with Crippen molar-refractivity contribution in [3.63, 3.8) is 0 Å². The van der Waals surface area contributed by atoms with Gasteiger partial charge in [-0.3, -0.25) is 0 Å². The Balaban J connectivity index is 2.35. The third-order valence-corrected chi connectivity index (χ3v) is 2.05. The van der Waals surface area contributed by atoms with Gasteiger partial charge in [-0.1, -0.05) is 18.2 Å². The Morgan fingerprint density at radius 1 is 1.31 bits per heavy atom. The predicted octanol–water partition coefficient (Wildman–Crippen LogP) is 1.54. The smallest absolute Gasteiger partial charge is 0.0598 e. The minimum absolute atomic E-state index is 0.652. The van der Waals surface area contributed by atoms with Crippen LogP contribution in [0.3, 0.4) is 0 Å². The average molecular weight is 175 g/mol. The summed E-state index contributed by atoms with van der Waals surface area (Å²) in [6.07, 6.45) is 1.97. The second-order valence-electron chi connectivity index (χ2n) is 2.96. The lowest BCUT2D eigenvalue weighted by Crippen LogP contribution is -2.12. The summed E-state index contributed by atoms with van der Waals surface area (Å²) in [6, 6.07) is 8.20. The lowest BCUT2D eigenvalue weighted by Gasteiger charge is -2.01. The minimum Gasteiger partial charge on any atom is -0.382 e. The van der Waals surface area contributed by atoms with E-state index in [0.29, 0.717) is 6.54 Å². The summed E-state index contributed by atoms with van der Waals surface area (Å²) in [7, 11) is 0. The van der Waals surface area contributed by atoms with Gasteiger partial charge in [0.15, 0.2) is 0 Å². The zero-order valence-corrected chi connectivity index (χ0v) is 7.38. The van der Waals surface area contributed by atoms with Crippen LogP contribution in [-0.4, -0.2) is 18.1 Å². The highest BCUT2D eigenvalue weighted by atomic mass is 14.9. The largest absolute Gasteiger partial charge is 0.382 e. The van der Waals surface area contributed by atoms with E-state index in [2.05, 4.69) is 22.4 Å². The number of aromatic nitrogens is 1. The summed E-state index contributed by atoms with van der Waals surface area (Å²) in [5.41, 5.74) is 7.70. The third kappa shape index (κ3) is 1.51. The topological polar surface area (TPSA) is 53.8 Å². The molecule has 0 bridgehead atoms. The highest BCUT2D eigenvalue weighted by Gasteiger charge is 1.99. The molecule has 0 aliphatic heterocycles. The number of aromatic amines is 1. The van der Waals surface area contributed by atoms with Crippen molar-refractivity contribution in [2.75, 3.05) is 18.4 Å². The molecule has 3 heteroatoms. The molecule has 0 radical (unpaired) electrons. The van der Waals surface area contributed by atoms with Crippen LogP contribution in [0.2, 0.25) is 0 Å². The molecule has 13 heavy (non-hydrogen) atoms. The SMILES string of the molecule is NCCNc1c[nH]c2ccccc12. The van der Waals surface area contributed by atoms with Gasteiger partial charge >= 0.3 is 0 Å². The Labute approximate surface area is 76.9 Å². The molecular weight excluding hydrogens is 162 g/mol. The molecule has 2 rings (SSSR count). The van der Waals surface area contributed by atoms with Gasteiger partial charge in [-0.05, 0) is 6.07 Å².